The van der Waals surface area contributed by atoms with E-state index < -0.39 is 0 Å². The summed E-state index contributed by atoms with van der Waals surface area (Å²) in [5, 5.41) is 9.24. The number of allylic oxidation sites excluding steroid dienone is 3. The minimum Gasteiger partial charge on any atom is -0.508 e. The van der Waals surface area contributed by atoms with Crippen molar-refractivity contribution in [2.45, 2.75) is 31.6 Å². The van der Waals surface area contributed by atoms with E-state index in [1.807, 2.05) is 19.9 Å². The normalized spacial score (nSPS) is 31.2. The molecule has 0 radical (unpaired) electrons. The Labute approximate surface area is 72.4 Å². The van der Waals surface area contributed by atoms with Gasteiger partial charge in [-0.3, -0.25) is 0 Å². The van der Waals surface area contributed by atoms with Crippen LogP contribution in [-0.2, 0) is 0 Å². The summed E-state index contributed by atoms with van der Waals surface area (Å²) in [6.45, 7) is 3.96. The van der Waals surface area contributed by atoms with E-state index in [0.29, 0.717) is 5.76 Å². The highest BCUT2D eigenvalue weighted by molar-refractivity contribution is 6.25. The van der Waals surface area contributed by atoms with Gasteiger partial charge in [0.15, 0.2) is 0 Å². The Morgan fingerprint density at radius 3 is 2.82 bits per heavy atom. The Bertz CT molecular complexity index is 218. The highest BCUT2D eigenvalue weighted by Crippen LogP contribution is 2.33. The Kier molecular flexibility index (Phi) is 2.28. The molecule has 0 aromatic heterocycles. The molecule has 1 aliphatic carbocycles. The standard InChI is InChI=1S/C9H13ClO/c1-3-9(10)5-4-8(11)7(2)6-9/h4-5,11H,3,6H2,1-2H3. The van der Waals surface area contributed by atoms with Gasteiger partial charge >= 0.3 is 0 Å². The SMILES string of the molecule is CCC1(Cl)C=CC(O)=C(C)C1. The minimum atomic E-state index is -0.254. The number of aliphatic hydroxyl groups is 1. The molecule has 0 saturated heterocycles. The number of aliphatic hydroxyl groups excluding tert-OH is 1. The maximum Gasteiger partial charge on any atom is 0.114 e. The van der Waals surface area contributed by atoms with Crippen LogP contribution in [0, 0.1) is 0 Å². The topological polar surface area (TPSA) is 20.2 Å². The predicted octanol–water partition coefficient (Wildman–Crippen LogP) is 3.17. The van der Waals surface area contributed by atoms with Crippen molar-refractivity contribution in [2.75, 3.05) is 0 Å². The third-order valence-corrected chi connectivity index (χ3v) is 2.65. The van der Waals surface area contributed by atoms with Gasteiger partial charge in [-0.05, 0) is 31.4 Å². The molecule has 0 bridgehead atoms. The minimum absolute atomic E-state index is 0.254. The van der Waals surface area contributed by atoms with E-state index in [2.05, 4.69) is 0 Å². The van der Waals surface area contributed by atoms with Gasteiger partial charge in [0.05, 0.1) is 4.87 Å². The van der Waals surface area contributed by atoms with Crippen molar-refractivity contribution in [3.05, 3.63) is 23.5 Å². The number of hydrogen-bond donors (Lipinski definition) is 1. The summed E-state index contributed by atoms with van der Waals surface area (Å²) in [4.78, 5) is -0.254. The van der Waals surface area contributed by atoms with E-state index in [1.165, 1.54) is 0 Å². The lowest BCUT2D eigenvalue weighted by Gasteiger charge is -2.25. The first-order chi connectivity index (χ1) is 5.07. The highest BCUT2D eigenvalue weighted by atomic mass is 35.5. The van der Waals surface area contributed by atoms with Crippen LogP contribution in [0.3, 0.4) is 0 Å². The smallest absolute Gasteiger partial charge is 0.114 e. The second-order valence-electron chi connectivity index (χ2n) is 3.06. The summed E-state index contributed by atoms with van der Waals surface area (Å²) >= 11 is 6.19. The lowest BCUT2D eigenvalue weighted by Crippen LogP contribution is -2.20. The summed E-state index contributed by atoms with van der Waals surface area (Å²) in [7, 11) is 0. The van der Waals surface area contributed by atoms with Crippen molar-refractivity contribution >= 4 is 11.6 Å². The number of halogens is 1. The fourth-order valence-corrected chi connectivity index (χ4v) is 1.47. The molecule has 0 heterocycles. The van der Waals surface area contributed by atoms with Crippen LogP contribution < -0.4 is 0 Å². The lowest BCUT2D eigenvalue weighted by molar-refractivity contribution is 0.413. The number of alkyl halides is 1. The van der Waals surface area contributed by atoms with Gasteiger partial charge in [0, 0.05) is 0 Å². The first-order valence-corrected chi connectivity index (χ1v) is 4.22. The molecule has 1 aliphatic rings. The van der Waals surface area contributed by atoms with Crippen LogP contribution in [-0.4, -0.2) is 9.98 Å². The molecule has 2 heteroatoms. The zero-order valence-electron chi connectivity index (χ0n) is 6.89. The van der Waals surface area contributed by atoms with Crippen LogP contribution in [0.2, 0.25) is 0 Å². The zero-order chi connectivity index (χ0) is 8.48. The van der Waals surface area contributed by atoms with Crippen LogP contribution >= 0.6 is 11.6 Å². The van der Waals surface area contributed by atoms with Crippen LogP contribution in [0.5, 0.6) is 0 Å². The highest BCUT2D eigenvalue weighted by Gasteiger charge is 2.25. The van der Waals surface area contributed by atoms with Gasteiger partial charge < -0.3 is 5.11 Å². The van der Waals surface area contributed by atoms with E-state index in [-0.39, 0.29) is 4.87 Å². The Morgan fingerprint density at radius 1 is 1.73 bits per heavy atom. The average Bonchev–Trinajstić information content (AvgIpc) is 1.98. The van der Waals surface area contributed by atoms with Crippen molar-refractivity contribution < 1.29 is 5.11 Å². The molecule has 1 nitrogen and oxygen atoms in total. The van der Waals surface area contributed by atoms with Crippen LogP contribution in [0.15, 0.2) is 23.5 Å². The summed E-state index contributed by atoms with van der Waals surface area (Å²) in [6.07, 6.45) is 5.22. The first-order valence-electron chi connectivity index (χ1n) is 3.84. The molecule has 0 aromatic rings. The molecule has 11 heavy (non-hydrogen) atoms. The average molecular weight is 173 g/mol. The zero-order valence-corrected chi connectivity index (χ0v) is 7.65. The Balaban J connectivity index is 2.81. The fraction of sp³-hybridized carbons (Fsp3) is 0.556. The molecule has 1 rings (SSSR count). The number of rotatable bonds is 1. The van der Waals surface area contributed by atoms with Crippen molar-refractivity contribution in [3.63, 3.8) is 0 Å². The molecule has 0 aromatic carbocycles. The molecule has 0 spiro atoms. The largest absolute Gasteiger partial charge is 0.508 e. The first kappa shape index (κ1) is 8.66. The second kappa shape index (κ2) is 2.90. The molecular formula is C9H13ClO. The van der Waals surface area contributed by atoms with Gasteiger partial charge in [0.25, 0.3) is 0 Å². The van der Waals surface area contributed by atoms with Crippen molar-refractivity contribution in [3.8, 4) is 0 Å². The quantitative estimate of drug-likeness (QED) is 0.603. The van der Waals surface area contributed by atoms with Gasteiger partial charge in [-0.1, -0.05) is 13.0 Å². The maximum atomic E-state index is 9.24. The Morgan fingerprint density at radius 2 is 2.36 bits per heavy atom. The summed E-state index contributed by atoms with van der Waals surface area (Å²) in [5.74, 6) is 0.370. The van der Waals surface area contributed by atoms with Gasteiger partial charge in [-0.25, -0.2) is 0 Å². The summed E-state index contributed by atoms with van der Waals surface area (Å²) < 4.78 is 0. The molecule has 0 aliphatic heterocycles. The van der Waals surface area contributed by atoms with Crippen LogP contribution in [0.25, 0.3) is 0 Å². The van der Waals surface area contributed by atoms with Gasteiger partial charge in [-0.2, -0.15) is 0 Å². The van der Waals surface area contributed by atoms with Gasteiger partial charge in [0.2, 0.25) is 0 Å². The summed E-state index contributed by atoms with van der Waals surface area (Å²) in [5.41, 5.74) is 0.976. The van der Waals surface area contributed by atoms with Crippen LogP contribution in [0.4, 0.5) is 0 Å². The van der Waals surface area contributed by atoms with Gasteiger partial charge in [-0.15, -0.1) is 11.6 Å². The van der Waals surface area contributed by atoms with Gasteiger partial charge in [0.1, 0.15) is 5.76 Å². The van der Waals surface area contributed by atoms with E-state index in [0.717, 1.165) is 18.4 Å². The van der Waals surface area contributed by atoms with Crippen molar-refractivity contribution in [1.82, 2.24) is 0 Å². The molecule has 1 N–H and O–H groups in total. The van der Waals surface area contributed by atoms with Crippen molar-refractivity contribution in [2.24, 2.45) is 0 Å². The fourth-order valence-electron chi connectivity index (χ4n) is 1.20. The number of hydrogen-bond acceptors (Lipinski definition) is 1. The lowest BCUT2D eigenvalue weighted by atomic mass is 9.91. The molecule has 1 atom stereocenters. The van der Waals surface area contributed by atoms with E-state index in [1.54, 1.807) is 6.08 Å². The van der Waals surface area contributed by atoms with E-state index in [4.69, 9.17) is 11.6 Å². The Hall–Kier alpha value is -0.430. The third kappa shape index (κ3) is 1.78. The second-order valence-corrected chi connectivity index (χ2v) is 3.82. The predicted molar refractivity (Wildman–Crippen MR) is 48.0 cm³/mol. The van der Waals surface area contributed by atoms with Crippen LogP contribution in [0.1, 0.15) is 26.7 Å². The third-order valence-electron chi connectivity index (χ3n) is 2.12. The molecule has 1 unspecified atom stereocenters. The summed E-state index contributed by atoms with van der Waals surface area (Å²) in [6, 6.07) is 0. The van der Waals surface area contributed by atoms with E-state index in [9.17, 15) is 5.11 Å². The molecule has 62 valence electrons. The monoisotopic (exact) mass is 172 g/mol. The van der Waals surface area contributed by atoms with E-state index >= 15 is 0 Å². The molecule has 0 fully saturated rings. The van der Waals surface area contributed by atoms with Crippen molar-refractivity contribution in [1.29, 1.82) is 0 Å². The molecular weight excluding hydrogens is 160 g/mol. The molecule has 0 saturated carbocycles. The maximum absolute atomic E-state index is 9.24. The molecule has 0 amide bonds.